The fraction of sp³-hybridized carbons (Fsp3) is 0.316. The molecule has 0 saturated heterocycles. The quantitative estimate of drug-likeness (QED) is 0.632. The zero-order chi connectivity index (χ0) is 17.4. The molecule has 0 spiro atoms. The fourth-order valence-corrected chi connectivity index (χ4v) is 2.30. The Morgan fingerprint density at radius 2 is 1.67 bits per heavy atom. The van der Waals surface area contributed by atoms with Crippen molar-refractivity contribution in [1.82, 2.24) is 10.6 Å². The van der Waals surface area contributed by atoms with Crippen LogP contribution in [0.1, 0.15) is 22.3 Å². The van der Waals surface area contributed by atoms with Gasteiger partial charge in [0.2, 0.25) is 0 Å². The molecule has 2 N–H and O–H groups in total. The van der Waals surface area contributed by atoms with Gasteiger partial charge in [0.1, 0.15) is 5.82 Å². The van der Waals surface area contributed by atoms with Crippen LogP contribution >= 0.6 is 0 Å². The molecule has 0 atom stereocenters. The molecule has 0 fully saturated rings. The van der Waals surface area contributed by atoms with Gasteiger partial charge in [0, 0.05) is 32.8 Å². The lowest BCUT2D eigenvalue weighted by atomic mass is 10.1. The smallest absolute Gasteiger partial charge is 0.191 e. The Morgan fingerprint density at radius 1 is 1.04 bits per heavy atom. The van der Waals surface area contributed by atoms with Crippen LogP contribution in [0, 0.1) is 12.7 Å². The van der Waals surface area contributed by atoms with Crippen molar-refractivity contribution >= 4 is 5.96 Å². The molecule has 0 aliphatic rings. The molecule has 0 bridgehead atoms. The van der Waals surface area contributed by atoms with E-state index in [4.69, 9.17) is 4.74 Å². The molecule has 5 heteroatoms. The summed E-state index contributed by atoms with van der Waals surface area (Å²) in [5.74, 6) is 0.454. The zero-order valence-corrected chi connectivity index (χ0v) is 14.4. The van der Waals surface area contributed by atoms with E-state index in [0.717, 1.165) is 5.56 Å². The van der Waals surface area contributed by atoms with Gasteiger partial charge in [-0.1, -0.05) is 35.9 Å². The summed E-state index contributed by atoms with van der Waals surface area (Å²) in [5.41, 5.74) is 3.96. The average Bonchev–Trinajstić information content (AvgIpc) is 2.59. The van der Waals surface area contributed by atoms with Crippen LogP contribution in [0.4, 0.5) is 4.39 Å². The van der Waals surface area contributed by atoms with E-state index in [1.807, 2.05) is 0 Å². The highest BCUT2D eigenvalue weighted by Gasteiger charge is 2.04. The lowest BCUT2D eigenvalue weighted by molar-refractivity contribution is 0.181. The van der Waals surface area contributed by atoms with Crippen molar-refractivity contribution in [3.8, 4) is 0 Å². The maximum atomic E-state index is 13.6. The Kier molecular flexibility index (Phi) is 6.75. The van der Waals surface area contributed by atoms with Crippen molar-refractivity contribution in [3.63, 3.8) is 0 Å². The minimum absolute atomic E-state index is 0.248. The van der Waals surface area contributed by atoms with Gasteiger partial charge in [0.15, 0.2) is 5.96 Å². The number of rotatable bonds is 6. The Balaban J connectivity index is 1.89. The van der Waals surface area contributed by atoms with Crippen molar-refractivity contribution < 1.29 is 9.13 Å². The number of halogens is 1. The largest absolute Gasteiger partial charge is 0.380 e. The molecule has 0 aliphatic carbocycles. The maximum absolute atomic E-state index is 13.6. The van der Waals surface area contributed by atoms with Gasteiger partial charge < -0.3 is 15.4 Å². The number of ether oxygens (including phenoxy) is 1. The van der Waals surface area contributed by atoms with Gasteiger partial charge in [-0.2, -0.15) is 0 Å². The molecule has 2 aromatic carbocycles. The minimum Gasteiger partial charge on any atom is -0.380 e. The first-order chi connectivity index (χ1) is 11.6. The van der Waals surface area contributed by atoms with Crippen molar-refractivity contribution in [2.75, 3.05) is 14.2 Å². The number of benzene rings is 2. The van der Waals surface area contributed by atoms with Crippen LogP contribution in [0.15, 0.2) is 47.5 Å². The predicted molar refractivity (Wildman–Crippen MR) is 95.3 cm³/mol. The van der Waals surface area contributed by atoms with Crippen molar-refractivity contribution in [1.29, 1.82) is 0 Å². The average molecular weight is 329 g/mol. The number of aryl methyl sites for hydroxylation is 1. The van der Waals surface area contributed by atoms with Crippen LogP contribution < -0.4 is 10.6 Å². The molecule has 0 heterocycles. The highest BCUT2D eigenvalue weighted by atomic mass is 19.1. The third kappa shape index (κ3) is 5.35. The summed E-state index contributed by atoms with van der Waals surface area (Å²) in [6.07, 6.45) is 0. The molecule has 0 aliphatic heterocycles. The molecule has 24 heavy (non-hydrogen) atoms. The van der Waals surface area contributed by atoms with E-state index in [1.54, 1.807) is 26.3 Å². The fourth-order valence-electron chi connectivity index (χ4n) is 2.30. The summed E-state index contributed by atoms with van der Waals surface area (Å²) in [4.78, 5) is 4.21. The molecule has 0 unspecified atom stereocenters. The summed E-state index contributed by atoms with van der Waals surface area (Å²) < 4.78 is 18.6. The molecular weight excluding hydrogens is 305 g/mol. The summed E-state index contributed by atoms with van der Waals surface area (Å²) >= 11 is 0. The number of nitrogens with one attached hydrogen (secondary N) is 2. The van der Waals surface area contributed by atoms with Crippen molar-refractivity contribution in [2.24, 2.45) is 4.99 Å². The van der Waals surface area contributed by atoms with Gasteiger partial charge in [0.25, 0.3) is 0 Å². The standard InChI is InChI=1S/C19H24FN3O/c1-14-4-6-15(7-5-14)11-22-19(21-2)23-12-16-8-9-18(20)17(10-16)13-24-3/h4-10H,11-13H2,1-3H3,(H2,21,22,23). The third-order valence-electron chi connectivity index (χ3n) is 3.67. The first kappa shape index (κ1) is 17.9. The second-order valence-corrected chi connectivity index (χ2v) is 5.62. The van der Waals surface area contributed by atoms with Crippen LogP contribution in [-0.2, 0) is 24.4 Å². The van der Waals surface area contributed by atoms with Gasteiger partial charge in [-0.3, -0.25) is 4.99 Å². The Morgan fingerprint density at radius 3 is 2.29 bits per heavy atom. The number of methoxy groups -OCH3 is 1. The summed E-state index contributed by atoms with van der Waals surface area (Å²) in [6, 6.07) is 13.4. The second kappa shape index (κ2) is 9.03. The summed E-state index contributed by atoms with van der Waals surface area (Å²) in [5, 5.41) is 6.50. The van der Waals surface area contributed by atoms with Crippen LogP contribution in [0.25, 0.3) is 0 Å². The van der Waals surface area contributed by atoms with Gasteiger partial charge in [-0.05, 0) is 30.2 Å². The van der Waals surface area contributed by atoms with E-state index in [2.05, 4.69) is 46.8 Å². The molecule has 4 nitrogen and oxygen atoms in total. The number of guanidine groups is 1. The van der Waals surface area contributed by atoms with Crippen molar-refractivity contribution in [3.05, 3.63) is 70.5 Å². The maximum Gasteiger partial charge on any atom is 0.191 e. The van der Waals surface area contributed by atoms with E-state index in [-0.39, 0.29) is 12.4 Å². The van der Waals surface area contributed by atoms with Crippen molar-refractivity contribution in [2.45, 2.75) is 26.6 Å². The number of aliphatic imine (C=N–C) groups is 1. The van der Waals surface area contributed by atoms with Gasteiger partial charge in [-0.25, -0.2) is 4.39 Å². The van der Waals surface area contributed by atoms with E-state index < -0.39 is 0 Å². The van der Waals surface area contributed by atoms with E-state index >= 15 is 0 Å². The highest BCUT2D eigenvalue weighted by molar-refractivity contribution is 5.79. The first-order valence-electron chi connectivity index (χ1n) is 7.88. The monoisotopic (exact) mass is 329 g/mol. The predicted octanol–water partition coefficient (Wildman–Crippen LogP) is 3.15. The zero-order valence-electron chi connectivity index (χ0n) is 14.4. The summed E-state index contributed by atoms with van der Waals surface area (Å²) in [7, 11) is 3.28. The lowest BCUT2D eigenvalue weighted by Gasteiger charge is -2.13. The molecule has 0 aromatic heterocycles. The van der Waals surface area contributed by atoms with Crippen LogP contribution in [0.2, 0.25) is 0 Å². The highest BCUT2D eigenvalue weighted by Crippen LogP contribution is 2.11. The Bertz CT molecular complexity index is 684. The molecule has 128 valence electrons. The molecular formula is C19H24FN3O. The molecule has 2 aromatic rings. The first-order valence-corrected chi connectivity index (χ1v) is 7.88. The SMILES string of the molecule is CN=C(NCc1ccc(C)cc1)NCc1ccc(F)c(COC)c1. The Labute approximate surface area is 142 Å². The van der Waals surface area contributed by atoms with Gasteiger partial charge in [0.05, 0.1) is 6.61 Å². The molecule has 0 radical (unpaired) electrons. The summed E-state index contributed by atoms with van der Waals surface area (Å²) in [6.45, 7) is 3.58. The number of hydrogen-bond donors (Lipinski definition) is 2. The lowest BCUT2D eigenvalue weighted by Crippen LogP contribution is -2.36. The van der Waals surface area contributed by atoms with Crippen LogP contribution in [0.3, 0.4) is 0 Å². The number of nitrogens with zero attached hydrogens (tertiary/aromatic N) is 1. The molecule has 0 amide bonds. The van der Waals surface area contributed by atoms with Gasteiger partial charge >= 0.3 is 0 Å². The second-order valence-electron chi connectivity index (χ2n) is 5.62. The molecule has 0 saturated carbocycles. The Hall–Kier alpha value is -2.40. The topological polar surface area (TPSA) is 45.7 Å². The normalized spacial score (nSPS) is 11.4. The number of hydrogen-bond acceptors (Lipinski definition) is 2. The van der Waals surface area contributed by atoms with E-state index in [9.17, 15) is 4.39 Å². The molecule has 2 rings (SSSR count). The van der Waals surface area contributed by atoms with E-state index in [1.165, 1.54) is 17.2 Å². The van der Waals surface area contributed by atoms with Gasteiger partial charge in [-0.15, -0.1) is 0 Å². The van der Waals surface area contributed by atoms with Crippen LogP contribution in [0.5, 0.6) is 0 Å². The van der Waals surface area contributed by atoms with E-state index in [0.29, 0.717) is 24.6 Å². The third-order valence-corrected chi connectivity index (χ3v) is 3.67. The van der Waals surface area contributed by atoms with Crippen LogP contribution in [-0.4, -0.2) is 20.1 Å². The minimum atomic E-state index is -0.248.